The molecule has 1 aliphatic carbocycles. The predicted molar refractivity (Wildman–Crippen MR) is 88.1 cm³/mol. The average molecular weight is 285 g/mol. The summed E-state index contributed by atoms with van der Waals surface area (Å²) in [6, 6.07) is 8.46. The third-order valence-corrected chi connectivity index (χ3v) is 5.32. The van der Waals surface area contributed by atoms with Gasteiger partial charge in [-0.25, -0.2) is 0 Å². The van der Waals surface area contributed by atoms with Gasteiger partial charge in [-0.3, -0.25) is 4.68 Å². The molecule has 0 bridgehead atoms. The lowest BCUT2D eigenvalue weighted by Gasteiger charge is -2.38. The van der Waals surface area contributed by atoms with E-state index in [4.69, 9.17) is 10.8 Å². The first-order valence-electron chi connectivity index (χ1n) is 8.18. The third-order valence-electron chi connectivity index (χ3n) is 5.32. The highest BCUT2D eigenvalue weighted by Gasteiger charge is 2.33. The van der Waals surface area contributed by atoms with Crippen molar-refractivity contribution in [2.75, 3.05) is 0 Å². The topological polar surface area (TPSA) is 43.8 Å². The number of benzene rings is 1. The number of nitrogens with zero attached hydrogens (tertiary/aromatic N) is 2. The Bertz CT molecular complexity index is 618. The number of fused-ring (bicyclic) bond motifs is 1. The molecule has 0 amide bonds. The lowest BCUT2D eigenvalue weighted by Crippen LogP contribution is -2.46. The van der Waals surface area contributed by atoms with Crippen LogP contribution in [0, 0.1) is 11.8 Å². The predicted octanol–water partition coefficient (Wildman–Crippen LogP) is 3.66. The van der Waals surface area contributed by atoms with Gasteiger partial charge in [-0.15, -0.1) is 0 Å². The molecule has 0 spiro atoms. The number of aromatic nitrogens is 2. The summed E-state index contributed by atoms with van der Waals surface area (Å²) in [7, 11) is 2.02. The molecule has 21 heavy (non-hydrogen) atoms. The van der Waals surface area contributed by atoms with Gasteiger partial charge in [0.15, 0.2) is 0 Å². The lowest BCUT2D eigenvalue weighted by molar-refractivity contribution is 0.193. The molecule has 3 nitrogen and oxygen atoms in total. The van der Waals surface area contributed by atoms with Gasteiger partial charge >= 0.3 is 0 Å². The van der Waals surface area contributed by atoms with Gasteiger partial charge in [-0.1, -0.05) is 32.0 Å². The van der Waals surface area contributed by atoms with Crippen LogP contribution in [-0.2, 0) is 13.5 Å². The van der Waals surface area contributed by atoms with Gasteiger partial charge in [-0.2, -0.15) is 5.10 Å². The molecule has 3 heteroatoms. The second-order valence-electron chi connectivity index (χ2n) is 7.21. The van der Waals surface area contributed by atoms with E-state index in [9.17, 15) is 0 Å². The Balaban J connectivity index is 1.79. The molecule has 2 N–H and O–H groups in total. The Kier molecular flexibility index (Phi) is 3.78. The Morgan fingerprint density at radius 1 is 1.29 bits per heavy atom. The Labute approximate surface area is 127 Å². The number of rotatable bonds is 3. The van der Waals surface area contributed by atoms with Crippen LogP contribution in [0.3, 0.4) is 0 Å². The maximum atomic E-state index is 6.70. The Hall–Kier alpha value is -1.35. The maximum Gasteiger partial charge on any atom is 0.0721 e. The number of nitrogens with two attached hydrogens (primary N) is 1. The molecular weight excluding hydrogens is 258 g/mol. The zero-order valence-electron chi connectivity index (χ0n) is 13.5. The number of hydrogen-bond acceptors (Lipinski definition) is 2. The molecule has 2 aromatic rings. The number of aryl methyl sites for hydroxylation is 1. The third kappa shape index (κ3) is 2.84. The van der Waals surface area contributed by atoms with E-state index in [1.54, 1.807) is 0 Å². The second kappa shape index (κ2) is 5.45. The largest absolute Gasteiger partial charge is 0.325 e. The van der Waals surface area contributed by atoms with Gasteiger partial charge in [0.25, 0.3) is 0 Å². The van der Waals surface area contributed by atoms with Crippen LogP contribution >= 0.6 is 0 Å². The molecule has 1 aromatic carbocycles. The van der Waals surface area contributed by atoms with Crippen LogP contribution in [0.25, 0.3) is 10.9 Å². The molecule has 0 atom stereocenters. The first kappa shape index (κ1) is 14.6. The van der Waals surface area contributed by atoms with Crippen molar-refractivity contribution in [2.24, 2.45) is 24.6 Å². The van der Waals surface area contributed by atoms with Crippen molar-refractivity contribution >= 4 is 10.9 Å². The molecule has 0 radical (unpaired) electrons. The lowest BCUT2D eigenvalue weighted by atomic mass is 9.71. The van der Waals surface area contributed by atoms with Crippen LogP contribution in [0.2, 0.25) is 0 Å². The van der Waals surface area contributed by atoms with Gasteiger partial charge < -0.3 is 5.73 Å². The van der Waals surface area contributed by atoms with Crippen molar-refractivity contribution in [3.8, 4) is 0 Å². The minimum atomic E-state index is -0.0669. The molecule has 1 aliphatic rings. The van der Waals surface area contributed by atoms with E-state index in [1.165, 1.54) is 29.4 Å². The van der Waals surface area contributed by atoms with Gasteiger partial charge in [0.2, 0.25) is 0 Å². The highest BCUT2D eigenvalue weighted by atomic mass is 15.3. The van der Waals surface area contributed by atoms with E-state index in [0.717, 1.165) is 31.1 Å². The summed E-state index contributed by atoms with van der Waals surface area (Å²) < 4.78 is 1.98. The van der Waals surface area contributed by atoms with Gasteiger partial charge in [0.1, 0.15) is 0 Å². The fourth-order valence-electron chi connectivity index (χ4n) is 3.81. The standard InChI is InChI=1S/C18H27N3/c1-13(2)14-8-10-18(19,11-9-14)12-16-15-6-4-5-7-17(15)21(3)20-16/h4-7,13-14H,8-12,19H2,1-3H3. The Morgan fingerprint density at radius 3 is 2.62 bits per heavy atom. The van der Waals surface area contributed by atoms with E-state index in [-0.39, 0.29) is 5.54 Å². The van der Waals surface area contributed by atoms with Crippen molar-refractivity contribution in [3.63, 3.8) is 0 Å². The summed E-state index contributed by atoms with van der Waals surface area (Å²) in [5, 5.41) is 5.98. The molecule has 1 aromatic heterocycles. The molecular formula is C18H27N3. The summed E-state index contributed by atoms with van der Waals surface area (Å²) >= 11 is 0. The highest BCUT2D eigenvalue weighted by Crippen LogP contribution is 2.36. The molecule has 114 valence electrons. The van der Waals surface area contributed by atoms with E-state index in [1.807, 2.05) is 11.7 Å². The van der Waals surface area contributed by atoms with Crippen LogP contribution in [0.5, 0.6) is 0 Å². The van der Waals surface area contributed by atoms with E-state index >= 15 is 0 Å². The molecule has 0 saturated heterocycles. The fourth-order valence-corrected chi connectivity index (χ4v) is 3.81. The van der Waals surface area contributed by atoms with Crippen molar-refractivity contribution in [3.05, 3.63) is 30.0 Å². The van der Waals surface area contributed by atoms with Crippen molar-refractivity contribution in [2.45, 2.75) is 51.5 Å². The monoisotopic (exact) mass is 285 g/mol. The summed E-state index contributed by atoms with van der Waals surface area (Å²) in [6.07, 6.45) is 5.68. The molecule has 1 saturated carbocycles. The summed E-state index contributed by atoms with van der Waals surface area (Å²) in [4.78, 5) is 0. The molecule has 0 unspecified atom stereocenters. The SMILES string of the molecule is CC(C)C1CCC(N)(Cc2nn(C)c3ccccc23)CC1. The van der Waals surface area contributed by atoms with E-state index < -0.39 is 0 Å². The average Bonchev–Trinajstić information content (AvgIpc) is 2.76. The van der Waals surface area contributed by atoms with E-state index in [0.29, 0.717) is 0 Å². The summed E-state index contributed by atoms with van der Waals surface area (Å²) in [6.45, 7) is 4.67. The second-order valence-corrected chi connectivity index (χ2v) is 7.21. The first-order chi connectivity index (χ1) is 9.98. The van der Waals surface area contributed by atoms with Crippen molar-refractivity contribution < 1.29 is 0 Å². The molecule has 3 rings (SSSR count). The quantitative estimate of drug-likeness (QED) is 0.935. The minimum Gasteiger partial charge on any atom is -0.325 e. The van der Waals surface area contributed by atoms with Crippen molar-refractivity contribution in [1.82, 2.24) is 9.78 Å². The van der Waals surface area contributed by atoms with Crippen LogP contribution in [0.15, 0.2) is 24.3 Å². The number of hydrogen-bond donors (Lipinski definition) is 1. The normalized spacial score (nSPS) is 26.6. The van der Waals surface area contributed by atoms with Gasteiger partial charge in [-0.05, 0) is 43.6 Å². The maximum absolute atomic E-state index is 6.70. The Morgan fingerprint density at radius 2 is 1.95 bits per heavy atom. The summed E-state index contributed by atoms with van der Waals surface area (Å²) in [5.74, 6) is 1.63. The van der Waals surface area contributed by atoms with Crippen LogP contribution in [0.4, 0.5) is 0 Å². The zero-order valence-corrected chi connectivity index (χ0v) is 13.5. The number of para-hydroxylation sites is 1. The van der Waals surface area contributed by atoms with Gasteiger partial charge in [0, 0.05) is 24.4 Å². The van der Waals surface area contributed by atoms with Crippen molar-refractivity contribution in [1.29, 1.82) is 0 Å². The van der Waals surface area contributed by atoms with Crippen LogP contribution in [0.1, 0.15) is 45.2 Å². The van der Waals surface area contributed by atoms with E-state index in [2.05, 4.69) is 38.1 Å². The molecule has 0 aliphatic heterocycles. The molecule has 1 fully saturated rings. The van der Waals surface area contributed by atoms with Crippen LogP contribution < -0.4 is 5.73 Å². The minimum absolute atomic E-state index is 0.0669. The molecule has 1 heterocycles. The van der Waals surface area contributed by atoms with Gasteiger partial charge in [0.05, 0.1) is 11.2 Å². The smallest absolute Gasteiger partial charge is 0.0721 e. The summed E-state index contributed by atoms with van der Waals surface area (Å²) in [5.41, 5.74) is 9.00. The fraction of sp³-hybridized carbons (Fsp3) is 0.611. The highest BCUT2D eigenvalue weighted by molar-refractivity contribution is 5.81. The first-order valence-corrected chi connectivity index (χ1v) is 8.18. The van der Waals surface area contributed by atoms with Crippen LogP contribution in [-0.4, -0.2) is 15.3 Å². The zero-order chi connectivity index (χ0) is 15.0.